The van der Waals surface area contributed by atoms with Crippen LogP contribution in [0, 0.1) is 5.92 Å². The van der Waals surface area contributed by atoms with Crippen LogP contribution in [0.4, 0.5) is 0 Å². The third-order valence-corrected chi connectivity index (χ3v) is 11.7. The molecule has 0 spiro atoms. The second kappa shape index (κ2) is 12.3. The van der Waals surface area contributed by atoms with Crippen LogP contribution >= 0.6 is 0 Å². The highest BCUT2D eigenvalue weighted by atomic mass is 28.4. The molecule has 2 rings (SSSR count). The maximum atomic E-state index is 11.0. The van der Waals surface area contributed by atoms with Gasteiger partial charge in [-0.15, -0.1) is 0 Å². The second-order valence-electron chi connectivity index (χ2n) is 11.6. The number of methoxy groups -OCH3 is 1. The molecular formula is C28H48O6Si. The third-order valence-electron chi connectivity index (χ3n) is 7.17. The Kier molecular flexibility index (Phi) is 10.6. The molecule has 5 atom stereocenters. The fourth-order valence-corrected chi connectivity index (χ4v) is 5.29. The molecule has 35 heavy (non-hydrogen) atoms. The molecule has 7 heteroatoms. The first kappa shape index (κ1) is 30.0. The summed E-state index contributed by atoms with van der Waals surface area (Å²) < 4.78 is 29.7. The van der Waals surface area contributed by atoms with E-state index in [1.54, 1.807) is 7.11 Å². The number of benzene rings is 1. The van der Waals surface area contributed by atoms with Crippen LogP contribution in [0.1, 0.15) is 60.5 Å². The number of aliphatic hydroxyl groups is 1. The SMILES string of the molecule is COc1ccc(COCC[C@@H]2OC(C)(C)O[C@@H]2C(O)/C=C\[C@@H](C)C(C)O[Si](C)(C)C(C)(C)C)cc1. The summed E-state index contributed by atoms with van der Waals surface area (Å²) in [5.74, 6) is 0.248. The van der Waals surface area contributed by atoms with Crippen LogP contribution in [-0.4, -0.2) is 57.3 Å². The van der Waals surface area contributed by atoms with E-state index in [1.165, 1.54) is 0 Å². The Morgan fingerprint density at radius 1 is 1.09 bits per heavy atom. The lowest BCUT2D eigenvalue weighted by molar-refractivity contribution is -0.153. The average Bonchev–Trinajstić information content (AvgIpc) is 3.08. The van der Waals surface area contributed by atoms with Gasteiger partial charge in [-0.1, -0.05) is 52.0 Å². The molecule has 1 saturated heterocycles. The first-order chi connectivity index (χ1) is 16.1. The Morgan fingerprint density at radius 3 is 2.29 bits per heavy atom. The van der Waals surface area contributed by atoms with Crippen molar-refractivity contribution in [1.29, 1.82) is 0 Å². The highest BCUT2D eigenvalue weighted by Crippen LogP contribution is 2.38. The van der Waals surface area contributed by atoms with Crippen molar-refractivity contribution >= 4 is 8.32 Å². The quantitative estimate of drug-likeness (QED) is 0.209. The van der Waals surface area contributed by atoms with E-state index in [-0.39, 0.29) is 23.2 Å². The van der Waals surface area contributed by atoms with Gasteiger partial charge in [-0.05, 0) is 68.9 Å². The van der Waals surface area contributed by atoms with E-state index in [1.807, 2.05) is 50.3 Å². The molecule has 0 bridgehead atoms. The van der Waals surface area contributed by atoms with Gasteiger partial charge in [0.15, 0.2) is 14.1 Å². The molecule has 1 aromatic rings. The standard InChI is InChI=1S/C28H48O6Si/c1-20(21(2)34-35(9,10)27(3,4)5)11-16-24(29)26-25(32-28(6,7)33-26)17-18-31-19-22-12-14-23(30-8)15-13-22/h11-16,20-21,24-26,29H,17-19H2,1-10H3/b16-11-/t20-,21?,24?,25+,26-/m1/s1. The Hall–Kier alpha value is -1.22. The summed E-state index contributed by atoms with van der Waals surface area (Å²) in [6.07, 6.45) is 3.09. The number of hydrogen-bond donors (Lipinski definition) is 1. The zero-order valence-electron chi connectivity index (χ0n) is 23.5. The largest absolute Gasteiger partial charge is 0.497 e. The van der Waals surface area contributed by atoms with Crippen LogP contribution in [0.5, 0.6) is 5.75 Å². The van der Waals surface area contributed by atoms with Gasteiger partial charge in [-0.25, -0.2) is 0 Å². The molecule has 1 fully saturated rings. The number of rotatable bonds is 12. The minimum Gasteiger partial charge on any atom is -0.497 e. The minimum absolute atomic E-state index is 0.0682. The van der Waals surface area contributed by atoms with E-state index < -0.39 is 26.3 Å². The van der Waals surface area contributed by atoms with E-state index in [2.05, 4.69) is 47.7 Å². The molecule has 0 radical (unpaired) electrons. The molecule has 0 saturated carbocycles. The molecule has 1 aliphatic heterocycles. The Bertz CT molecular complexity index is 799. The van der Waals surface area contributed by atoms with Gasteiger partial charge in [0.05, 0.1) is 19.8 Å². The smallest absolute Gasteiger partial charge is 0.192 e. The van der Waals surface area contributed by atoms with Crippen LogP contribution in [-0.2, 0) is 25.2 Å². The highest BCUT2D eigenvalue weighted by molar-refractivity contribution is 6.74. The van der Waals surface area contributed by atoms with Crippen molar-refractivity contribution in [2.45, 2.75) is 110 Å². The van der Waals surface area contributed by atoms with E-state index in [0.717, 1.165) is 11.3 Å². The van der Waals surface area contributed by atoms with Crippen LogP contribution in [0.25, 0.3) is 0 Å². The molecule has 200 valence electrons. The van der Waals surface area contributed by atoms with Crippen LogP contribution < -0.4 is 4.74 Å². The van der Waals surface area contributed by atoms with E-state index >= 15 is 0 Å². The lowest BCUT2D eigenvalue weighted by Crippen LogP contribution is -2.44. The molecule has 6 nitrogen and oxygen atoms in total. The average molecular weight is 509 g/mol. The van der Waals surface area contributed by atoms with Crippen molar-refractivity contribution in [1.82, 2.24) is 0 Å². The van der Waals surface area contributed by atoms with Crippen molar-refractivity contribution in [3.63, 3.8) is 0 Å². The van der Waals surface area contributed by atoms with E-state index in [4.69, 9.17) is 23.4 Å². The topological polar surface area (TPSA) is 66.4 Å². The van der Waals surface area contributed by atoms with Crippen molar-refractivity contribution < 1.29 is 28.5 Å². The van der Waals surface area contributed by atoms with Crippen molar-refractivity contribution in [2.75, 3.05) is 13.7 Å². The molecule has 2 unspecified atom stereocenters. The predicted molar refractivity (Wildman–Crippen MR) is 143 cm³/mol. The van der Waals surface area contributed by atoms with Crippen molar-refractivity contribution in [3.05, 3.63) is 42.0 Å². The summed E-state index contributed by atoms with van der Waals surface area (Å²) in [6, 6.07) is 7.83. The number of hydrogen-bond acceptors (Lipinski definition) is 6. The van der Waals surface area contributed by atoms with Gasteiger partial charge in [0.25, 0.3) is 0 Å². The van der Waals surface area contributed by atoms with Crippen LogP contribution in [0.15, 0.2) is 36.4 Å². The van der Waals surface area contributed by atoms with Gasteiger partial charge in [0, 0.05) is 12.7 Å². The van der Waals surface area contributed by atoms with Gasteiger partial charge in [0.1, 0.15) is 18.0 Å². The lowest BCUT2D eigenvalue weighted by Gasteiger charge is -2.39. The van der Waals surface area contributed by atoms with Gasteiger partial charge in [-0.2, -0.15) is 0 Å². The lowest BCUT2D eigenvalue weighted by atomic mass is 10.0. The summed E-state index contributed by atoms with van der Waals surface area (Å²) in [5, 5.41) is 11.1. The summed E-state index contributed by atoms with van der Waals surface area (Å²) in [4.78, 5) is 0. The number of ether oxygens (including phenoxy) is 4. The fourth-order valence-electron chi connectivity index (χ4n) is 3.79. The summed E-state index contributed by atoms with van der Waals surface area (Å²) in [7, 11) is -0.198. The Balaban J connectivity index is 1.89. The first-order valence-electron chi connectivity index (χ1n) is 12.8. The maximum Gasteiger partial charge on any atom is 0.192 e. The second-order valence-corrected chi connectivity index (χ2v) is 16.4. The molecule has 1 N–H and O–H groups in total. The molecule has 0 aromatic heterocycles. The highest BCUT2D eigenvalue weighted by Gasteiger charge is 2.44. The minimum atomic E-state index is -1.85. The summed E-state index contributed by atoms with van der Waals surface area (Å²) in [5.41, 5.74) is 1.08. The van der Waals surface area contributed by atoms with Gasteiger partial charge < -0.3 is 28.5 Å². The normalized spacial score (nSPS) is 23.4. The predicted octanol–water partition coefficient (Wildman–Crippen LogP) is 6.09. The molecule has 1 heterocycles. The van der Waals surface area contributed by atoms with Gasteiger partial charge in [0.2, 0.25) is 0 Å². The van der Waals surface area contributed by atoms with Crippen LogP contribution in [0.3, 0.4) is 0 Å². The number of aliphatic hydroxyl groups excluding tert-OH is 1. The molecule has 0 amide bonds. The zero-order valence-corrected chi connectivity index (χ0v) is 24.5. The Labute approximate surface area is 214 Å². The van der Waals surface area contributed by atoms with E-state index in [0.29, 0.717) is 19.6 Å². The first-order valence-corrected chi connectivity index (χ1v) is 15.7. The summed E-state index contributed by atoms with van der Waals surface area (Å²) in [6.45, 7) is 20.3. The molecular weight excluding hydrogens is 460 g/mol. The van der Waals surface area contributed by atoms with Crippen LogP contribution in [0.2, 0.25) is 18.1 Å². The molecule has 1 aliphatic rings. The van der Waals surface area contributed by atoms with Crippen molar-refractivity contribution in [2.24, 2.45) is 5.92 Å². The third kappa shape index (κ3) is 8.99. The maximum absolute atomic E-state index is 11.0. The van der Waals surface area contributed by atoms with E-state index in [9.17, 15) is 5.11 Å². The van der Waals surface area contributed by atoms with Crippen molar-refractivity contribution in [3.8, 4) is 5.75 Å². The zero-order chi connectivity index (χ0) is 26.4. The fraction of sp³-hybridized carbons (Fsp3) is 0.714. The molecule has 0 aliphatic carbocycles. The summed E-state index contributed by atoms with van der Waals surface area (Å²) >= 11 is 0. The molecule has 1 aromatic carbocycles. The Morgan fingerprint density at radius 2 is 1.71 bits per heavy atom. The monoisotopic (exact) mass is 508 g/mol. The van der Waals surface area contributed by atoms with Gasteiger partial charge >= 0.3 is 0 Å². The van der Waals surface area contributed by atoms with Gasteiger partial charge in [-0.3, -0.25) is 0 Å².